The summed E-state index contributed by atoms with van der Waals surface area (Å²) in [6.07, 6.45) is 0. The van der Waals surface area contributed by atoms with Gasteiger partial charge >= 0.3 is 0 Å². The molecule has 2 unspecified atom stereocenters. The summed E-state index contributed by atoms with van der Waals surface area (Å²) >= 11 is 1.16. The van der Waals surface area contributed by atoms with Gasteiger partial charge < -0.3 is 0 Å². The van der Waals surface area contributed by atoms with E-state index >= 15 is 0 Å². The average Bonchev–Trinajstić information content (AvgIpc) is 3.32. The van der Waals surface area contributed by atoms with Crippen LogP contribution < -0.4 is 0 Å². The van der Waals surface area contributed by atoms with E-state index in [1.165, 1.54) is 5.56 Å². The highest BCUT2D eigenvalue weighted by Crippen LogP contribution is 2.31. The highest BCUT2D eigenvalue weighted by Gasteiger charge is 2.48. The molecular weight excluding hydrogens is 416 g/mol. The Morgan fingerprint density at radius 3 is 2.32 bits per heavy atom. The first-order valence-corrected chi connectivity index (χ1v) is 13.6. The smallest absolute Gasteiger partial charge is 0.193 e. The van der Waals surface area contributed by atoms with Crippen molar-refractivity contribution in [2.45, 2.75) is 22.0 Å². The molecule has 0 saturated carbocycles. The van der Waals surface area contributed by atoms with Gasteiger partial charge in [-0.05, 0) is 17.0 Å². The molecule has 1 aromatic carbocycles. The lowest BCUT2D eigenvalue weighted by Crippen LogP contribution is -2.54. The number of benzene rings is 1. The summed E-state index contributed by atoms with van der Waals surface area (Å²) in [6, 6.07) is 13.0. The molecular formula is C19H24N2O4S3. The third kappa shape index (κ3) is 4.18. The van der Waals surface area contributed by atoms with Crippen LogP contribution in [-0.4, -0.2) is 75.6 Å². The first-order chi connectivity index (χ1) is 13.4. The Kier molecular flexibility index (Phi) is 5.63. The molecule has 2 aliphatic rings. The van der Waals surface area contributed by atoms with Gasteiger partial charge in [0.2, 0.25) is 0 Å². The van der Waals surface area contributed by atoms with E-state index in [0.29, 0.717) is 13.1 Å². The number of hydrogen-bond donors (Lipinski definition) is 0. The van der Waals surface area contributed by atoms with Gasteiger partial charge in [0.05, 0.1) is 16.8 Å². The zero-order valence-electron chi connectivity index (χ0n) is 15.5. The van der Waals surface area contributed by atoms with Crippen molar-refractivity contribution in [3.63, 3.8) is 0 Å². The SMILES string of the molecule is O=S1(=O)CC(N2CCN(Cc3ccccc3)CC2)C(S(=O)(=O)c2cccs2)C1. The summed E-state index contributed by atoms with van der Waals surface area (Å²) in [7, 11) is -7.00. The molecule has 1 aromatic heterocycles. The summed E-state index contributed by atoms with van der Waals surface area (Å²) in [5, 5.41) is 0.838. The van der Waals surface area contributed by atoms with Crippen LogP contribution in [0.5, 0.6) is 0 Å². The molecule has 152 valence electrons. The fraction of sp³-hybridized carbons (Fsp3) is 0.474. The van der Waals surface area contributed by atoms with Crippen molar-refractivity contribution in [3.05, 3.63) is 53.4 Å². The van der Waals surface area contributed by atoms with Crippen LogP contribution in [-0.2, 0) is 26.2 Å². The van der Waals surface area contributed by atoms with Crippen LogP contribution in [0, 0.1) is 0 Å². The number of piperazine rings is 1. The molecule has 0 radical (unpaired) electrons. The summed E-state index contributed by atoms with van der Waals surface area (Å²) in [5.74, 6) is -0.344. The zero-order valence-corrected chi connectivity index (χ0v) is 17.9. The molecule has 2 aliphatic heterocycles. The second kappa shape index (κ2) is 7.87. The van der Waals surface area contributed by atoms with Gasteiger partial charge in [-0.15, -0.1) is 11.3 Å². The van der Waals surface area contributed by atoms with Crippen LogP contribution in [0.3, 0.4) is 0 Å². The first kappa shape index (κ1) is 20.0. The van der Waals surface area contributed by atoms with Crippen molar-refractivity contribution >= 4 is 31.0 Å². The van der Waals surface area contributed by atoms with Crippen LogP contribution in [0.1, 0.15) is 5.56 Å². The van der Waals surface area contributed by atoms with E-state index in [1.807, 2.05) is 18.2 Å². The van der Waals surface area contributed by atoms with Gasteiger partial charge in [0, 0.05) is 38.8 Å². The van der Waals surface area contributed by atoms with Gasteiger partial charge in [-0.1, -0.05) is 36.4 Å². The van der Waals surface area contributed by atoms with Gasteiger partial charge in [0.1, 0.15) is 4.21 Å². The molecule has 0 N–H and O–H groups in total. The maximum atomic E-state index is 13.1. The Hall–Kier alpha value is -1.26. The van der Waals surface area contributed by atoms with Gasteiger partial charge in [-0.2, -0.15) is 0 Å². The molecule has 2 saturated heterocycles. The summed E-state index contributed by atoms with van der Waals surface area (Å²) in [6.45, 7) is 3.83. The van der Waals surface area contributed by atoms with Gasteiger partial charge in [-0.25, -0.2) is 16.8 Å². The monoisotopic (exact) mass is 440 g/mol. The van der Waals surface area contributed by atoms with Gasteiger partial charge in [0.25, 0.3) is 0 Å². The number of hydrogen-bond acceptors (Lipinski definition) is 7. The third-order valence-corrected chi connectivity index (χ3v) is 11.1. The minimum absolute atomic E-state index is 0.0685. The topological polar surface area (TPSA) is 74.8 Å². The third-order valence-electron chi connectivity index (χ3n) is 5.57. The predicted octanol–water partition coefficient (Wildman–Crippen LogP) is 1.51. The minimum Gasteiger partial charge on any atom is -0.297 e. The van der Waals surface area contributed by atoms with Crippen LogP contribution in [0.2, 0.25) is 0 Å². The van der Waals surface area contributed by atoms with Crippen molar-refractivity contribution < 1.29 is 16.8 Å². The number of rotatable bonds is 5. The Labute approximate surface area is 170 Å². The molecule has 2 fully saturated rings. The average molecular weight is 441 g/mol. The molecule has 0 bridgehead atoms. The summed E-state index contributed by atoms with van der Waals surface area (Å²) in [5.41, 5.74) is 1.25. The molecule has 0 amide bonds. The van der Waals surface area contributed by atoms with Gasteiger partial charge in [-0.3, -0.25) is 9.80 Å². The second-order valence-electron chi connectivity index (χ2n) is 7.46. The fourth-order valence-corrected chi connectivity index (χ4v) is 10.2. The molecule has 4 rings (SSSR count). The van der Waals surface area contributed by atoms with Crippen LogP contribution in [0.15, 0.2) is 52.1 Å². The molecule has 9 heteroatoms. The van der Waals surface area contributed by atoms with Crippen LogP contribution >= 0.6 is 11.3 Å². The highest BCUT2D eigenvalue weighted by molar-refractivity contribution is 7.97. The van der Waals surface area contributed by atoms with Crippen molar-refractivity contribution in [2.75, 3.05) is 37.7 Å². The molecule has 2 aromatic rings. The lowest BCUT2D eigenvalue weighted by molar-refractivity contribution is 0.101. The summed E-state index contributed by atoms with van der Waals surface area (Å²) < 4.78 is 51.0. The standard InChI is InChI=1S/C19H24N2O4S3/c22-27(23)14-17(18(15-27)28(24,25)19-7-4-12-26-19)21-10-8-20(9-11-21)13-16-5-2-1-3-6-16/h1-7,12,17-18H,8-11,13-15H2. The maximum absolute atomic E-state index is 13.1. The molecule has 6 nitrogen and oxygen atoms in total. The zero-order chi connectivity index (χ0) is 19.8. The molecule has 0 spiro atoms. The van der Waals surface area contributed by atoms with Crippen LogP contribution in [0.4, 0.5) is 0 Å². The molecule has 2 atom stereocenters. The van der Waals surface area contributed by atoms with E-state index < -0.39 is 31.0 Å². The number of sulfone groups is 2. The highest BCUT2D eigenvalue weighted by atomic mass is 32.2. The molecule has 0 aliphatic carbocycles. The van der Waals surface area contributed by atoms with E-state index in [1.54, 1.807) is 17.5 Å². The van der Waals surface area contributed by atoms with E-state index in [0.717, 1.165) is 31.0 Å². The quantitative estimate of drug-likeness (QED) is 0.702. The number of nitrogens with zero attached hydrogens (tertiary/aromatic N) is 2. The van der Waals surface area contributed by atoms with E-state index in [-0.39, 0.29) is 15.7 Å². The van der Waals surface area contributed by atoms with Crippen molar-refractivity contribution in [1.29, 1.82) is 0 Å². The molecule has 3 heterocycles. The molecule has 28 heavy (non-hydrogen) atoms. The Bertz CT molecular complexity index is 997. The Balaban J connectivity index is 1.47. The van der Waals surface area contributed by atoms with Gasteiger partial charge in [0.15, 0.2) is 19.7 Å². The largest absolute Gasteiger partial charge is 0.297 e. The van der Waals surface area contributed by atoms with E-state index in [9.17, 15) is 16.8 Å². The maximum Gasteiger partial charge on any atom is 0.193 e. The lowest BCUT2D eigenvalue weighted by Gasteiger charge is -2.39. The Morgan fingerprint density at radius 1 is 0.964 bits per heavy atom. The summed E-state index contributed by atoms with van der Waals surface area (Å²) in [4.78, 5) is 4.40. The Morgan fingerprint density at radius 2 is 1.68 bits per heavy atom. The number of thiophene rings is 1. The second-order valence-corrected chi connectivity index (χ2v) is 13.0. The predicted molar refractivity (Wildman–Crippen MR) is 111 cm³/mol. The minimum atomic E-state index is -3.64. The van der Waals surface area contributed by atoms with Crippen molar-refractivity contribution in [3.8, 4) is 0 Å². The fourth-order valence-electron chi connectivity index (χ4n) is 4.10. The van der Waals surface area contributed by atoms with Crippen molar-refractivity contribution in [1.82, 2.24) is 9.80 Å². The van der Waals surface area contributed by atoms with Crippen molar-refractivity contribution in [2.24, 2.45) is 0 Å². The van der Waals surface area contributed by atoms with E-state index in [4.69, 9.17) is 0 Å². The lowest BCUT2D eigenvalue weighted by atomic mass is 10.1. The van der Waals surface area contributed by atoms with Crippen LogP contribution in [0.25, 0.3) is 0 Å². The first-order valence-electron chi connectivity index (χ1n) is 9.33. The van der Waals surface area contributed by atoms with E-state index in [2.05, 4.69) is 21.9 Å². The normalized spacial score (nSPS) is 26.4.